The summed E-state index contributed by atoms with van der Waals surface area (Å²) >= 11 is 0. The van der Waals surface area contributed by atoms with Crippen molar-refractivity contribution in [3.05, 3.63) is 0 Å². The number of carbonyl (C=O) groups is 2. The second-order valence-electron chi connectivity index (χ2n) is 2.47. The number of sulfonamides is 1. The molecular formula is C6H11NO5S. The van der Waals surface area contributed by atoms with Crippen molar-refractivity contribution in [1.29, 1.82) is 0 Å². The number of carbonyl (C=O) groups excluding carboxylic acids is 2. The van der Waals surface area contributed by atoms with Crippen molar-refractivity contribution in [1.82, 2.24) is 0 Å². The average Bonchev–Trinajstić information content (AvgIpc) is 1.81. The number of primary sulfonamides is 1. The molecule has 0 bridgehead atoms. The lowest BCUT2D eigenvalue weighted by atomic mass is 10.3. The maximum absolute atomic E-state index is 10.7. The Bertz CT molecular complexity index is 294. The molecule has 0 amide bonds. The molecule has 7 heteroatoms. The first-order chi connectivity index (χ1) is 5.81. The standard InChI is InChI=1S/C6H11NO5S/c1-5(8)4-6(9)12-2-3-13(7,10)11/h2-4H2,1H3,(H2,7,10,11). The molecule has 0 saturated carbocycles. The fraction of sp³-hybridized carbons (Fsp3) is 0.667. The van der Waals surface area contributed by atoms with E-state index >= 15 is 0 Å². The van der Waals surface area contributed by atoms with E-state index in [4.69, 9.17) is 0 Å². The zero-order valence-corrected chi connectivity index (χ0v) is 7.96. The fourth-order valence-corrected chi connectivity index (χ4v) is 0.842. The van der Waals surface area contributed by atoms with Crippen LogP contribution in [0.3, 0.4) is 0 Å². The van der Waals surface area contributed by atoms with Gasteiger partial charge in [0.1, 0.15) is 18.8 Å². The molecule has 0 aromatic rings. The molecule has 0 rings (SSSR count). The lowest BCUT2D eigenvalue weighted by Gasteiger charge is -2.01. The van der Waals surface area contributed by atoms with Gasteiger partial charge >= 0.3 is 5.97 Å². The summed E-state index contributed by atoms with van der Waals surface area (Å²) < 4.78 is 25.1. The van der Waals surface area contributed by atoms with Crippen molar-refractivity contribution in [2.24, 2.45) is 5.14 Å². The Morgan fingerprint density at radius 3 is 2.31 bits per heavy atom. The van der Waals surface area contributed by atoms with Crippen molar-refractivity contribution in [2.45, 2.75) is 13.3 Å². The van der Waals surface area contributed by atoms with Gasteiger partial charge in [0, 0.05) is 0 Å². The van der Waals surface area contributed by atoms with Crippen molar-refractivity contribution in [2.75, 3.05) is 12.4 Å². The highest BCUT2D eigenvalue weighted by Gasteiger charge is 2.08. The van der Waals surface area contributed by atoms with Gasteiger partial charge in [-0.25, -0.2) is 13.6 Å². The second-order valence-corrected chi connectivity index (χ2v) is 4.20. The smallest absolute Gasteiger partial charge is 0.313 e. The van der Waals surface area contributed by atoms with Crippen LogP contribution in [0.4, 0.5) is 0 Å². The SMILES string of the molecule is CC(=O)CC(=O)OCCS(N)(=O)=O. The van der Waals surface area contributed by atoms with Crippen LogP contribution in [0.2, 0.25) is 0 Å². The van der Waals surface area contributed by atoms with E-state index in [1.807, 2.05) is 0 Å². The summed E-state index contributed by atoms with van der Waals surface area (Å²) in [5, 5.41) is 4.64. The van der Waals surface area contributed by atoms with Gasteiger partial charge in [0.05, 0.1) is 5.75 Å². The van der Waals surface area contributed by atoms with E-state index in [1.165, 1.54) is 6.92 Å². The summed E-state index contributed by atoms with van der Waals surface area (Å²) in [5.74, 6) is -1.51. The molecule has 0 radical (unpaired) electrons. The van der Waals surface area contributed by atoms with Crippen LogP contribution in [0.15, 0.2) is 0 Å². The monoisotopic (exact) mass is 209 g/mol. The summed E-state index contributed by atoms with van der Waals surface area (Å²) in [6.45, 7) is 0.923. The van der Waals surface area contributed by atoms with Crippen LogP contribution in [0.25, 0.3) is 0 Å². The Kier molecular flexibility index (Phi) is 4.57. The number of rotatable bonds is 5. The minimum absolute atomic E-state index is 0.315. The minimum atomic E-state index is -3.61. The van der Waals surface area contributed by atoms with E-state index in [-0.39, 0.29) is 18.8 Å². The Hall–Kier alpha value is -0.950. The van der Waals surface area contributed by atoms with Gasteiger partial charge in [-0.2, -0.15) is 0 Å². The number of esters is 1. The van der Waals surface area contributed by atoms with Crippen molar-refractivity contribution >= 4 is 21.8 Å². The van der Waals surface area contributed by atoms with Crippen LogP contribution in [-0.4, -0.2) is 32.5 Å². The van der Waals surface area contributed by atoms with Gasteiger partial charge in [-0.1, -0.05) is 0 Å². The summed E-state index contributed by atoms with van der Waals surface area (Å²) in [4.78, 5) is 21.0. The van der Waals surface area contributed by atoms with Gasteiger partial charge in [0.15, 0.2) is 0 Å². The van der Waals surface area contributed by atoms with Gasteiger partial charge < -0.3 is 4.74 Å². The van der Waals surface area contributed by atoms with Crippen LogP contribution in [0.5, 0.6) is 0 Å². The molecule has 6 nitrogen and oxygen atoms in total. The highest BCUT2D eigenvalue weighted by atomic mass is 32.2. The van der Waals surface area contributed by atoms with E-state index < -0.39 is 21.7 Å². The van der Waals surface area contributed by atoms with Gasteiger partial charge in [-0.15, -0.1) is 0 Å². The van der Waals surface area contributed by atoms with Crippen molar-refractivity contribution < 1.29 is 22.7 Å². The third kappa shape index (κ3) is 8.96. The third-order valence-electron chi connectivity index (χ3n) is 1.02. The second kappa shape index (κ2) is 4.93. The molecule has 0 aliphatic rings. The molecule has 0 unspecified atom stereocenters. The molecule has 2 N–H and O–H groups in total. The topological polar surface area (TPSA) is 104 Å². The zero-order chi connectivity index (χ0) is 10.5. The average molecular weight is 209 g/mol. The lowest BCUT2D eigenvalue weighted by Crippen LogP contribution is -2.22. The predicted octanol–water partition coefficient (Wildman–Crippen LogP) is -1.20. The van der Waals surface area contributed by atoms with E-state index in [1.54, 1.807) is 0 Å². The molecule has 0 heterocycles. The molecule has 0 atom stereocenters. The Labute approximate surface area is 76.1 Å². The molecule has 0 saturated heterocycles. The predicted molar refractivity (Wildman–Crippen MR) is 44.2 cm³/mol. The fourth-order valence-electron chi connectivity index (χ4n) is 0.526. The first-order valence-electron chi connectivity index (χ1n) is 3.47. The number of Topliss-reactive ketones (excluding diaryl/α,β-unsaturated/α-hetero) is 1. The van der Waals surface area contributed by atoms with E-state index in [9.17, 15) is 18.0 Å². The van der Waals surface area contributed by atoms with Crippen LogP contribution >= 0.6 is 0 Å². The van der Waals surface area contributed by atoms with Crippen molar-refractivity contribution in [3.8, 4) is 0 Å². The highest BCUT2D eigenvalue weighted by molar-refractivity contribution is 7.89. The number of nitrogens with two attached hydrogens (primary N) is 1. The van der Waals surface area contributed by atoms with Crippen LogP contribution in [0, 0.1) is 0 Å². The van der Waals surface area contributed by atoms with Crippen LogP contribution in [-0.2, 0) is 24.3 Å². The maximum atomic E-state index is 10.7. The van der Waals surface area contributed by atoms with Gasteiger partial charge in [0.25, 0.3) is 0 Å². The molecule has 76 valence electrons. The lowest BCUT2D eigenvalue weighted by molar-refractivity contribution is -0.145. The number of ketones is 1. The Morgan fingerprint density at radius 2 is 1.92 bits per heavy atom. The zero-order valence-electron chi connectivity index (χ0n) is 7.15. The van der Waals surface area contributed by atoms with E-state index in [2.05, 4.69) is 9.88 Å². The molecule has 0 aliphatic heterocycles. The first-order valence-corrected chi connectivity index (χ1v) is 5.18. The van der Waals surface area contributed by atoms with E-state index in [0.29, 0.717) is 0 Å². The molecule has 0 fully saturated rings. The third-order valence-corrected chi connectivity index (χ3v) is 1.76. The van der Waals surface area contributed by atoms with Gasteiger partial charge in [-0.3, -0.25) is 9.59 Å². The summed E-state index contributed by atoms with van der Waals surface area (Å²) in [6, 6.07) is 0. The molecule has 0 aliphatic carbocycles. The highest BCUT2D eigenvalue weighted by Crippen LogP contribution is 1.88. The summed E-state index contributed by atoms with van der Waals surface area (Å²) in [7, 11) is -3.61. The number of ether oxygens (including phenoxy) is 1. The van der Waals surface area contributed by atoms with E-state index in [0.717, 1.165) is 0 Å². The van der Waals surface area contributed by atoms with Gasteiger partial charge in [-0.05, 0) is 6.92 Å². The summed E-state index contributed by atoms with van der Waals surface area (Å²) in [5.41, 5.74) is 0. The Balaban J connectivity index is 3.67. The summed E-state index contributed by atoms with van der Waals surface area (Å²) in [6.07, 6.45) is -0.343. The van der Waals surface area contributed by atoms with Gasteiger partial charge in [0.2, 0.25) is 10.0 Å². The molecule has 0 aromatic heterocycles. The van der Waals surface area contributed by atoms with Crippen molar-refractivity contribution in [3.63, 3.8) is 0 Å². The quantitative estimate of drug-likeness (QED) is 0.452. The molecule has 0 spiro atoms. The number of hydrogen-bond donors (Lipinski definition) is 1. The van der Waals surface area contributed by atoms with Crippen LogP contribution < -0.4 is 5.14 Å². The molecule has 0 aromatic carbocycles. The minimum Gasteiger partial charge on any atom is -0.464 e. The molecular weight excluding hydrogens is 198 g/mol. The normalized spacial score (nSPS) is 10.9. The maximum Gasteiger partial charge on any atom is 0.313 e. The van der Waals surface area contributed by atoms with Crippen LogP contribution in [0.1, 0.15) is 13.3 Å². The largest absolute Gasteiger partial charge is 0.464 e. The Morgan fingerprint density at radius 1 is 1.38 bits per heavy atom. The molecule has 13 heavy (non-hydrogen) atoms. The first kappa shape index (κ1) is 12.0. The number of hydrogen-bond acceptors (Lipinski definition) is 5.